The van der Waals surface area contributed by atoms with Crippen LogP contribution in [0.3, 0.4) is 0 Å². The van der Waals surface area contributed by atoms with Crippen molar-refractivity contribution in [1.82, 2.24) is 5.32 Å². The maximum Gasteiger partial charge on any atom is 0.0708 e. The van der Waals surface area contributed by atoms with E-state index in [1.807, 2.05) is 0 Å². The quantitative estimate of drug-likeness (QED) is 0.852. The third-order valence-corrected chi connectivity index (χ3v) is 6.30. The van der Waals surface area contributed by atoms with Gasteiger partial charge in [-0.1, -0.05) is 19.3 Å². The van der Waals surface area contributed by atoms with E-state index < -0.39 is 0 Å². The molecule has 3 fully saturated rings. The molecule has 1 unspecified atom stereocenters. The van der Waals surface area contributed by atoms with Gasteiger partial charge in [0.25, 0.3) is 0 Å². The summed E-state index contributed by atoms with van der Waals surface area (Å²) in [4.78, 5) is 0. The van der Waals surface area contributed by atoms with Crippen molar-refractivity contribution in [2.45, 2.75) is 69.5 Å². The third-order valence-electron chi connectivity index (χ3n) is 5.25. The molecule has 3 rings (SSSR count). The second-order valence-corrected chi connectivity index (χ2v) is 7.96. The van der Waals surface area contributed by atoms with Crippen LogP contribution in [0, 0.1) is 5.92 Å². The number of nitrogens with one attached hydrogen (secondary N) is 1. The van der Waals surface area contributed by atoms with Gasteiger partial charge in [-0.2, -0.15) is 11.8 Å². The van der Waals surface area contributed by atoms with Gasteiger partial charge in [0.2, 0.25) is 0 Å². The minimum absolute atomic E-state index is 0.298. The Kier molecular flexibility index (Phi) is 5.10. The Bertz CT molecular complexity index is 272. The fourth-order valence-electron chi connectivity index (χ4n) is 4.00. The van der Waals surface area contributed by atoms with Gasteiger partial charge in [-0.05, 0) is 62.5 Å². The van der Waals surface area contributed by atoms with E-state index in [9.17, 15) is 0 Å². The van der Waals surface area contributed by atoms with Crippen molar-refractivity contribution in [3.8, 4) is 0 Å². The normalized spacial score (nSPS) is 31.9. The van der Waals surface area contributed by atoms with E-state index in [0.29, 0.717) is 11.7 Å². The highest BCUT2D eigenvalue weighted by Gasteiger charge is 2.40. The topological polar surface area (TPSA) is 21.3 Å². The molecule has 1 saturated carbocycles. The van der Waals surface area contributed by atoms with Crippen LogP contribution in [0.1, 0.15) is 57.8 Å². The summed E-state index contributed by atoms with van der Waals surface area (Å²) >= 11 is 2.12. The lowest BCUT2D eigenvalue weighted by molar-refractivity contribution is -0.0624. The zero-order chi connectivity index (χ0) is 13.0. The average molecular weight is 283 g/mol. The summed E-state index contributed by atoms with van der Waals surface area (Å²) in [5.41, 5.74) is 0.298. The first kappa shape index (κ1) is 14.2. The molecule has 2 nitrogen and oxygen atoms in total. The average Bonchev–Trinajstić information content (AvgIpc) is 2.84. The van der Waals surface area contributed by atoms with Crippen LogP contribution in [0.5, 0.6) is 0 Å². The zero-order valence-electron chi connectivity index (χ0n) is 12.2. The summed E-state index contributed by atoms with van der Waals surface area (Å²) in [7, 11) is 0. The molecule has 3 heteroatoms. The summed E-state index contributed by atoms with van der Waals surface area (Å²) in [6, 6.07) is 0. The first-order valence-corrected chi connectivity index (χ1v) is 9.48. The predicted octanol–water partition coefficient (Wildman–Crippen LogP) is 3.60. The van der Waals surface area contributed by atoms with Gasteiger partial charge < -0.3 is 10.1 Å². The lowest BCUT2D eigenvalue weighted by Crippen LogP contribution is -2.36. The van der Waals surface area contributed by atoms with Crippen LogP contribution in [-0.4, -0.2) is 36.3 Å². The molecule has 1 N–H and O–H groups in total. The molecular formula is C16H29NOS. The minimum atomic E-state index is 0.298. The van der Waals surface area contributed by atoms with E-state index in [1.165, 1.54) is 75.8 Å². The monoisotopic (exact) mass is 283 g/mol. The molecule has 0 radical (unpaired) electrons. The van der Waals surface area contributed by atoms with E-state index in [0.717, 1.165) is 12.5 Å². The van der Waals surface area contributed by atoms with Gasteiger partial charge >= 0.3 is 0 Å². The highest BCUT2D eigenvalue weighted by Crippen LogP contribution is 2.41. The highest BCUT2D eigenvalue weighted by atomic mass is 32.2. The van der Waals surface area contributed by atoms with Crippen LogP contribution in [0.15, 0.2) is 0 Å². The lowest BCUT2D eigenvalue weighted by atomic mass is 9.83. The van der Waals surface area contributed by atoms with Crippen molar-refractivity contribution in [3.05, 3.63) is 0 Å². The van der Waals surface area contributed by atoms with E-state index in [-0.39, 0.29) is 0 Å². The Balaban J connectivity index is 1.35. The molecule has 0 aromatic rings. The molecule has 110 valence electrons. The van der Waals surface area contributed by atoms with Crippen LogP contribution in [0.2, 0.25) is 0 Å². The molecule has 1 atom stereocenters. The predicted molar refractivity (Wildman–Crippen MR) is 82.8 cm³/mol. The van der Waals surface area contributed by atoms with Gasteiger partial charge in [0.15, 0.2) is 0 Å². The Labute approximate surface area is 122 Å². The van der Waals surface area contributed by atoms with Crippen LogP contribution in [0.25, 0.3) is 0 Å². The fraction of sp³-hybridized carbons (Fsp3) is 1.00. The number of hydrogen-bond acceptors (Lipinski definition) is 3. The second-order valence-electron chi connectivity index (χ2n) is 6.74. The summed E-state index contributed by atoms with van der Waals surface area (Å²) in [5, 5.41) is 3.68. The lowest BCUT2D eigenvalue weighted by Gasteiger charge is -2.33. The maximum atomic E-state index is 6.41. The standard InChI is InChI=1S/C16H29NOS/c1-2-7-16(8-3-1)9-4-15(18-16)13-17-12-14-5-10-19-11-6-14/h14-15,17H,1-13H2. The second kappa shape index (κ2) is 6.82. The Hall–Kier alpha value is 0.270. The van der Waals surface area contributed by atoms with Crippen molar-refractivity contribution in [3.63, 3.8) is 0 Å². The first-order chi connectivity index (χ1) is 9.36. The molecule has 0 aromatic heterocycles. The summed E-state index contributed by atoms with van der Waals surface area (Å²) in [6.07, 6.45) is 12.8. The summed E-state index contributed by atoms with van der Waals surface area (Å²) in [6.45, 7) is 2.30. The fourth-order valence-corrected chi connectivity index (χ4v) is 5.21. The molecule has 2 heterocycles. The van der Waals surface area contributed by atoms with Crippen molar-refractivity contribution >= 4 is 11.8 Å². The van der Waals surface area contributed by atoms with Crippen LogP contribution < -0.4 is 5.32 Å². The van der Waals surface area contributed by atoms with Crippen LogP contribution in [-0.2, 0) is 4.74 Å². The van der Waals surface area contributed by atoms with Gasteiger partial charge in [-0.15, -0.1) is 0 Å². The number of hydrogen-bond donors (Lipinski definition) is 1. The van der Waals surface area contributed by atoms with Gasteiger partial charge in [-0.3, -0.25) is 0 Å². The SMILES string of the molecule is C1CCC2(CC1)CCC(CNCC1CCSCC1)O2. The molecule has 0 aromatic carbocycles. The molecular weight excluding hydrogens is 254 g/mol. The van der Waals surface area contributed by atoms with E-state index in [4.69, 9.17) is 4.74 Å². The smallest absolute Gasteiger partial charge is 0.0708 e. The van der Waals surface area contributed by atoms with E-state index in [1.54, 1.807) is 0 Å². The Morgan fingerprint density at radius 2 is 1.74 bits per heavy atom. The molecule has 2 aliphatic heterocycles. The van der Waals surface area contributed by atoms with Gasteiger partial charge in [0, 0.05) is 6.54 Å². The Morgan fingerprint density at radius 3 is 2.53 bits per heavy atom. The molecule has 0 amide bonds. The largest absolute Gasteiger partial charge is 0.370 e. The number of rotatable bonds is 4. The minimum Gasteiger partial charge on any atom is -0.370 e. The molecule has 3 aliphatic rings. The van der Waals surface area contributed by atoms with Crippen LogP contribution >= 0.6 is 11.8 Å². The van der Waals surface area contributed by atoms with Crippen molar-refractivity contribution < 1.29 is 4.74 Å². The Morgan fingerprint density at radius 1 is 0.947 bits per heavy atom. The van der Waals surface area contributed by atoms with Crippen molar-refractivity contribution in [2.24, 2.45) is 5.92 Å². The zero-order valence-corrected chi connectivity index (χ0v) is 13.0. The summed E-state index contributed by atoms with van der Waals surface area (Å²) < 4.78 is 6.41. The molecule has 0 bridgehead atoms. The highest BCUT2D eigenvalue weighted by molar-refractivity contribution is 7.99. The van der Waals surface area contributed by atoms with E-state index >= 15 is 0 Å². The van der Waals surface area contributed by atoms with E-state index in [2.05, 4.69) is 17.1 Å². The number of ether oxygens (including phenoxy) is 1. The summed E-state index contributed by atoms with van der Waals surface area (Å²) in [5.74, 6) is 3.66. The molecule has 2 saturated heterocycles. The molecule has 19 heavy (non-hydrogen) atoms. The maximum absolute atomic E-state index is 6.41. The van der Waals surface area contributed by atoms with Gasteiger partial charge in [0.1, 0.15) is 0 Å². The van der Waals surface area contributed by atoms with Gasteiger partial charge in [-0.25, -0.2) is 0 Å². The number of thioether (sulfide) groups is 1. The first-order valence-electron chi connectivity index (χ1n) is 8.33. The van der Waals surface area contributed by atoms with Gasteiger partial charge in [0.05, 0.1) is 11.7 Å². The third kappa shape index (κ3) is 3.89. The van der Waals surface area contributed by atoms with Crippen molar-refractivity contribution in [1.29, 1.82) is 0 Å². The molecule has 1 spiro atoms. The van der Waals surface area contributed by atoms with Crippen LogP contribution in [0.4, 0.5) is 0 Å². The van der Waals surface area contributed by atoms with Crippen molar-refractivity contribution in [2.75, 3.05) is 24.6 Å². The molecule has 1 aliphatic carbocycles.